The highest BCUT2D eigenvalue weighted by Gasteiger charge is 2.29. The molecule has 0 aromatic heterocycles. The fourth-order valence-electron chi connectivity index (χ4n) is 0.762. The summed E-state index contributed by atoms with van der Waals surface area (Å²) in [6, 6.07) is 0. The average molecular weight is 201 g/mol. The normalized spacial score (nSPS) is 13.3. The van der Waals surface area contributed by atoms with E-state index >= 15 is 0 Å². The molecule has 74 valence electrons. The smallest absolute Gasteiger partial charge is 0.259 e. The summed E-state index contributed by atoms with van der Waals surface area (Å²) in [6.45, 7) is 0.793. The molecule has 0 aliphatic rings. The molecule has 0 aliphatic heterocycles. The third-order valence-electron chi connectivity index (χ3n) is 1.13. The predicted octanol–water partition coefficient (Wildman–Crippen LogP) is 0.405. The molecular weight excluding hydrogens is 188 g/mol. The summed E-state index contributed by atoms with van der Waals surface area (Å²) in [4.78, 5) is 0. The summed E-state index contributed by atoms with van der Waals surface area (Å²) in [6.07, 6.45) is 0.235. The second kappa shape index (κ2) is 4.13. The van der Waals surface area contributed by atoms with Crippen LogP contribution in [0.2, 0.25) is 0 Å². The Morgan fingerprint density at radius 3 is 2.25 bits per heavy atom. The highest BCUT2D eigenvalue weighted by Crippen LogP contribution is 2.15. The van der Waals surface area contributed by atoms with Gasteiger partial charge in [-0.2, -0.15) is 0 Å². The minimum atomic E-state index is -3.63. The number of hydrogen-bond donors (Lipinski definition) is 1. The first-order chi connectivity index (χ1) is 5.27. The zero-order valence-corrected chi connectivity index (χ0v) is 7.70. The Labute approximate surface area is 70.9 Å². The molecule has 0 amide bonds. The van der Waals surface area contributed by atoms with E-state index in [1.165, 1.54) is 0 Å². The molecule has 0 aromatic carbocycles. The molecule has 0 saturated carbocycles. The minimum Gasteiger partial charge on any atom is -0.330 e. The maximum Gasteiger partial charge on any atom is 0.259 e. The van der Waals surface area contributed by atoms with Crippen LogP contribution in [-0.2, 0) is 9.84 Å². The van der Waals surface area contributed by atoms with Gasteiger partial charge in [0.05, 0.1) is 5.75 Å². The van der Waals surface area contributed by atoms with Crippen molar-refractivity contribution in [2.75, 3.05) is 18.1 Å². The molecule has 6 heteroatoms. The lowest BCUT2D eigenvalue weighted by atomic mass is 10.5. The van der Waals surface area contributed by atoms with E-state index in [0.29, 0.717) is 6.92 Å². The van der Waals surface area contributed by atoms with Gasteiger partial charge in [-0.25, -0.2) is 17.2 Å². The van der Waals surface area contributed by atoms with Gasteiger partial charge in [-0.15, -0.1) is 0 Å². The molecule has 0 aliphatic carbocycles. The summed E-state index contributed by atoms with van der Waals surface area (Å²) < 4.78 is 46.2. The summed E-state index contributed by atoms with van der Waals surface area (Å²) >= 11 is 0. The van der Waals surface area contributed by atoms with Crippen molar-refractivity contribution in [3.05, 3.63) is 0 Å². The van der Waals surface area contributed by atoms with Crippen molar-refractivity contribution < 1.29 is 17.2 Å². The van der Waals surface area contributed by atoms with Crippen LogP contribution in [0.3, 0.4) is 0 Å². The van der Waals surface area contributed by atoms with E-state index in [-0.39, 0.29) is 18.7 Å². The van der Waals surface area contributed by atoms with Crippen molar-refractivity contribution in [1.29, 1.82) is 0 Å². The van der Waals surface area contributed by atoms with Crippen LogP contribution in [-0.4, -0.2) is 32.4 Å². The Balaban J connectivity index is 4.06. The van der Waals surface area contributed by atoms with Crippen LogP contribution in [0.1, 0.15) is 13.3 Å². The number of rotatable bonds is 5. The minimum absolute atomic E-state index is 0.203. The zero-order chi connectivity index (χ0) is 9.83. The Kier molecular flexibility index (Phi) is 4.05. The lowest BCUT2D eigenvalue weighted by Crippen LogP contribution is -2.26. The maximum absolute atomic E-state index is 12.2. The predicted molar refractivity (Wildman–Crippen MR) is 42.9 cm³/mol. The Morgan fingerprint density at radius 2 is 1.92 bits per heavy atom. The molecule has 0 bridgehead atoms. The Hall–Kier alpha value is -0.230. The standard InChI is InChI=1S/C6H13F2NO2S/c1-6(7,8)5-12(10,11)4-2-3-9/h2-5,9H2,1H3. The first-order valence-electron chi connectivity index (χ1n) is 3.55. The lowest BCUT2D eigenvalue weighted by molar-refractivity contribution is 0.0474. The van der Waals surface area contributed by atoms with E-state index in [1.54, 1.807) is 0 Å². The van der Waals surface area contributed by atoms with Gasteiger partial charge >= 0.3 is 0 Å². The molecule has 0 aromatic rings. The van der Waals surface area contributed by atoms with Crippen LogP contribution >= 0.6 is 0 Å². The highest BCUT2D eigenvalue weighted by molar-refractivity contribution is 7.91. The van der Waals surface area contributed by atoms with Crippen molar-refractivity contribution in [2.24, 2.45) is 5.73 Å². The first kappa shape index (κ1) is 11.8. The van der Waals surface area contributed by atoms with Gasteiger partial charge < -0.3 is 5.73 Å². The summed E-state index contributed by atoms with van der Waals surface area (Å²) in [5.41, 5.74) is 5.05. The van der Waals surface area contributed by atoms with E-state index < -0.39 is 21.5 Å². The van der Waals surface area contributed by atoms with Crippen LogP contribution < -0.4 is 5.73 Å². The number of hydrogen-bond acceptors (Lipinski definition) is 3. The molecule has 0 spiro atoms. The second-order valence-electron chi connectivity index (χ2n) is 2.80. The van der Waals surface area contributed by atoms with Gasteiger partial charge in [0.1, 0.15) is 5.75 Å². The maximum atomic E-state index is 12.2. The third kappa shape index (κ3) is 6.48. The number of halogens is 2. The van der Waals surface area contributed by atoms with Gasteiger partial charge in [-0.3, -0.25) is 0 Å². The molecule has 0 atom stereocenters. The van der Waals surface area contributed by atoms with Gasteiger partial charge in [-0.05, 0) is 13.0 Å². The van der Waals surface area contributed by atoms with E-state index in [9.17, 15) is 17.2 Å². The summed E-state index contributed by atoms with van der Waals surface area (Å²) in [7, 11) is -3.63. The van der Waals surface area contributed by atoms with E-state index in [1.807, 2.05) is 0 Å². The summed E-state index contributed by atoms with van der Waals surface area (Å²) in [5.74, 6) is -4.49. The van der Waals surface area contributed by atoms with Gasteiger partial charge in [0.15, 0.2) is 9.84 Å². The third-order valence-corrected chi connectivity index (χ3v) is 2.99. The Bertz CT molecular complexity index is 220. The van der Waals surface area contributed by atoms with Crippen molar-refractivity contribution in [1.82, 2.24) is 0 Å². The van der Waals surface area contributed by atoms with Crippen LogP contribution in [0.15, 0.2) is 0 Å². The number of nitrogens with two attached hydrogens (primary N) is 1. The quantitative estimate of drug-likeness (QED) is 0.700. The van der Waals surface area contributed by atoms with Crippen molar-refractivity contribution >= 4 is 9.84 Å². The lowest BCUT2D eigenvalue weighted by Gasteiger charge is -2.09. The molecule has 3 nitrogen and oxygen atoms in total. The van der Waals surface area contributed by atoms with E-state index in [4.69, 9.17) is 5.73 Å². The second-order valence-corrected chi connectivity index (χ2v) is 4.99. The molecule has 0 saturated heterocycles. The molecule has 0 unspecified atom stereocenters. The van der Waals surface area contributed by atoms with Crippen LogP contribution in [0.4, 0.5) is 8.78 Å². The van der Waals surface area contributed by atoms with E-state index in [0.717, 1.165) is 0 Å². The molecule has 2 N–H and O–H groups in total. The van der Waals surface area contributed by atoms with Crippen molar-refractivity contribution in [3.8, 4) is 0 Å². The SMILES string of the molecule is CC(F)(F)CS(=O)(=O)CCCN. The fraction of sp³-hybridized carbons (Fsp3) is 1.00. The molecule has 0 fully saturated rings. The van der Waals surface area contributed by atoms with Gasteiger partial charge in [-0.1, -0.05) is 0 Å². The van der Waals surface area contributed by atoms with Crippen LogP contribution in [0, 0.1) is 0 Å². The molecule has 0 rings (SSSR count). The molecule has 0 radical (unpaired) electrons. The molecular formula is C6H13F2NO2S. The summed E-state index contributed by atoms with van der Waals surface area (Å²) in [5, 5.41) is 0. The van der Waals surface area contributed by atoms with Gasteiger partial charge in [0.2, 0.25) is 0 Å². The van der Waals surface area contributed by atoms with Gasteiger partial charge in [0.25, 0.3) is 5.92 Å². The van der Waals surface area contributed by atoms with E-state index in [2.05, 4.69) is 0 Å². The topological polar surface area (TPSA) is 60.2 Å². The Morgan fingerprint density at radius 1 is 1.42 bits per heavy atom. The zero-order valence-electron chi connectivity index (χ0n) is 6.89. The van der Waals surface area contributed by atoms with Crippen molar-refractivity contribution in [2.45, 2.75) is 19.3 Å². The van der Waals surface area contributed by atoms with Crippen LogP contribution in [0.25, 0.3) is 0 Å². The molecule has 0 heterocycles. The number of sulfone groups is 1. The van der Waals surface area contributed by atoms with Crippen molar-refractivity contribution in [3.63, 3.8) is 0 Å². The largest absolute Gasteiger partial charge is 0.330 e. The fourth-order valence-corrected chi connectivity index (χ4v) is 2.28. The highest BCUT2D eigenvalue weighted by atomic mass is 32.2. The monoisotopic (exact) mass is 201 g/mol. The number of alkyl halides is 2. The first-order valence-corrected chi connectivity index (χ1v) is 5.37. The average Bonchev–Trinajstić information content (AvgIpc) is 1.78. The molecule has 12 heavy (non-hydrogen) atoms. The van der Waals surface area contributed by atoms with Gasteiger partial charge in [0, 0.05) is 6.92 Å². The van der Waals surface area contributed by atoms with Crippen LogP contribution in [0.5, 0.6) is 0 Å².